The van der Waals surface area contributed by atoms with Gasteiger partial charge in [0.1, 0.15) is 0 Å². The average Bonchev–Trinajstić information content (AvgIpc) is 1.65. The summed E-state index contributed by atoms with van der Waals surface area (Å²) in [5.41, 5.74) is 0. The minimum Gasteiger partial charge on any atom is -0.286 e. The topological polar surface area (TPSA) is 12.4 Å². The van der Waals surface area contributed by atoms with Gasteiger partial charge in [-0.1, -0.05) is 0 Å². The molecule has 0 N–H and O–H groups in total. The molecular formula is C6H15NS. The molecule has 0 unspecified atom stereocenters. The Morgan fingerprint density at radius 2 is 2.00 bits per heavy atom. The molecule has 0 amide bonds. The van der Waals surface area contributed by atoms with Crippen LogP contribution >= 0.6 is 0 Å². The number of hydrogen-bond donors (Lipinski definition) is 1. The van der Waals surface area contributed by atoms with Gasteiger partial charge in [-0.2, -0.15) is 0 Å². The Balaban J connectivity index is 2.63. The third-order valence-corrected chi connectivity index (χ3v) is 3.97. The lowest BCUT2D eigenvalue weighted by molar-refractivity contribution is 0.796. The maximum Gasteiger partial charge on any atom is 0.0438 e. The molecule has 8 heavy (non-hydrogen) atoms. The second-order valence-electron chi connectivity index (χ2n) is 2.92. The van der Waals surface area contributed by atoms with Crippen molar-refractivity contribution in [3.8, 4) is 0 Å². The third kappa shape index (κ3) is 1.58. The first-order chi connectivity index (χ1) is 3.71. The lowest BCUT2D eigenvalue weighted by Crippen LogP contribution is -2.16. The van der Waals surface area contributed by atoms with E-state index in [0.29, 0.717) is 0 Å². The summed E-state index contributed by atoms with van der Waals surface area (Å²) in [6.07, 6.45) is 7.41. The minimum atomic E-state index is -0.712. The first kappa shape index (κ1) is 6.27. The fourth-order valence-corrected chi connectivity index (χ4v) is 2.84. The maximum absolute atomic E-state index is 4.57. The quantitative estimate of drug-likeness (QED) is 0.475. The van der Waals surface area contributed by atoms with Crippen LogP contribution in [0, 0.1) is 0 Å². The van der Waals surface area contributed by atoms with Gasteiger partial charge < -0.3 is 0 Å². The van der Waals surface area contributed by atoms with Crippen LogP contribution in [0.2, 0.25) is 0 Å². The van der Waals surface area contributed by atoms with Crippen molar-refractivity contribution in [3.63, 3.8) is 0 Å². The molecule has 0 fully saturated rings. The summed E-state index contributed by atoms with van der Waals surface area (Å²) in [6.45, 7) is 1.14. The molecule has 0 aromatic carbocycles. The summed E-state index contributed by atoms with van der Waals surface area (Å²) < 4.78 is 4.57. The molecule has 0 aliphatic carbocycles. The first-order valence-corrected chi connectivity index (χ1v) is 6.05. The molecule has 1 nitrogen and oxygen atoms in total. The zero-order chi connectivity index (χ0) is 6.04. The second kappa shape index (κ2) is 2.18. The van der Waals surface area contributed by atoms with E-state index >= 15 is 0 Å². The highest BCUT2D eigenvalue weighted by Crippen LogP contribution is 2.10. The van der Waals surface area contributed by atoms with Crippen molar-refractivity contribution in [1.82, 2.24) is 0 Å². The van der Waals surface area contributed by atoms with Gasteiger partial charge in [0.05, 0.1) is 0 Å². The van der Waals surface area contributed by atoms with Crippen LogP contribution in [0.5, 0.6) is 0 Å². The highest BCUT2D eigenvalue weighted by Gasteiger charge is 2.03. The molecule has 0 aromatic rings. The van der Waals surface area contributed by atoms with Crippen molar-refractivity contribution < 1.29 is 0 Å². The molecule has 50 valence electrons. The van der Waals surface area contributed by atoms with E-state index in [2.05, 4.69) is 16.9 Å². The predicted molar refractivity (Wildman–Crippen MR) is 42.0 cm³/mol. The molecular weight excluding hydrogens is 118 g/mol. The van der Waals surface area contributed by atoms with Crippen molar-refractivity contribution in [1.29, 1.82) is 0 Å². The standard InChI is InChI=1S/C6H15NS/c1-8(2)6-4-3-5-7-8/h8H,3-6H2,1-2H3. The predicted octanol–water partition coefficient (Wildman–Crippen LogP) is 1.11. The van der Waals surface area contributed by atoms with Crippen molar-refractivity contribution in [2.45, 2.75) is 12.8 Å². The number of rotatable bonds is 0. The van der Waals surface area contributed by atoms with Gasteiger partial charge in [-0.15, -0.1) is 0 Å². The lowest BCUT2D eigenvalue weighted by atomic mass is 10.3. The van der Waals surface area contributed by atoms with Gasteiger partial charge in [0, 0.05) is 6.54 Å². The molecule has 0 saturated carbocycles. The minimum absolute atomic E-state index is 0.712. The Hall–Kier alpha value is 0.150. The van der Waals surface area contributed by atoms with E-state index in [-0.39, 0.29) is 0 Å². The molecule has 1 aliphatic rings. The molecule has 1 aliphatic heterocycles. The van der Waals surface area contributed by atoms with Gasteiger partial charge in [-0.05, 0) is 31.1 Å². The highest BCUT2D eigenvalue weighted by molar-refractivity contribution is 8.03. The van der Waals surface area contributed by atoms with Gasteiger partial charge >= 0.3 is 0 Å². The molecule has 1 rings (SSSR count). The third-order valence-electron chi connectivity index (χ3n) is 1.60. The fraction of sp³-hybridized carbons (Fsp3) is 1.00. The van der Waals surface area contributed by atoms with Crippen molar-refractivity contribution >= 4 is 9.82 Å². The van der Waals surface area contributed by atoms with Crippen molar-refractivity contribution in [3.05, 3.63) is 0 Å². The van der Waals surface area contributed by atoms with Gasteiger partial charge in [-0.25, -0.2) is 9.82 Å². The number of nitrogens with zero attached hydrogens (tertiary/aromatic N) is 1. The van der Waals surface area contributed by atoms with E-state index < -0.39 is 9.82 Å². The van der Waals surface area contributed by atoms with Crippen LogP contribution in [0.4, 0.5) is 0 Å². The Bertz CT molecular complexity index is 122. The smallest absolute Gasteiger partial charge is 0.0438 e. The Morgan fingerprint density at radius 3 is 2.25 bits per heavy atom. The van der Waals surface area contributed by atoms with Crippen LogP contribution in [0.15, 0.2) is 4.36 Å². The molecule has 0 aromatic heterocycles. The monoisotopic (exact) mass is 133 g/mol. The zero-order valence-corrected chi connectivity index (χ0v) is 6.62. The highest BCUT2D eigenvalue weighted by atomic mass is 32.2. The van der Waals surface area contributed by atoms with E-state index in [1.54, 1.807) is 0 Å². The van der Waals surface area contributed by atoms with E-state index in [1.165, 1.54) is 18.6 Å². The molecule has 0 saturated heterocycles. The van der Waals surface area contributed by atoms with E-state index in [4.69, 9.17) is 0 Å². The largest absolute Gasteiger partial charge is 0.286 e. The van der Waals surface area contributed by atoms with Gasteiger partial charge in [0.25, 0.3) is 0 Å². The molecule has 1 heterocycles. The second-order valence-corrected chi connectivity index (χ2v) is 6.89. The Kier molecular flexibility index (Phi) is 1.71. The van der Waals surface area contributed by atoms with Crippen LogP contribution in [0.25, 0.3) is 0 Å². The van der Waals surface area contributed by atoms with E-state index in [1.807, 2.05) is 0 Å². The summed E-state index contributed by atoms with van der Waals surface area (Å²) in [4.78, 5) is 0. The average molecular weight is 133 g/mol. The SMILES string of the molecule is C[SH]1(C)=NCCCC1. The van der Waals surface area contributed by atoms with Crippen LogP contribution in [0.1, 0.15) is 12.8 Å². The number of hydrogen-bond acceptors (Lipinski definition) is 1. The van der Waals surface area contributed by atoms with E-state index in [0.717, 1.165) is 6.54 Å². The van der Waals surface area contributed by atoms with Crippen molar-refractivity contribution in [2.24, 2.45) is 4.36 Å². The summed E-state index contributed by atoms with van der Waals surface area (Å²) in [5.74, 6) is 1.40. The summed E-state index contributed by atoms with van der Waals surface area (Å²) in [5, 5.41) is 0. The molecule has 0 spiro atoms. The fourth-order valence-electron chi connectivity index (χ4n) is 1.02. The van der Waals surface area contributed by atoms with Gasteiger partial charge in [-0.3, -0.25) is 4.36 Å². The van der Waals surface area contributed by atoms with Crippen LogP contribution < -0.4 is 0 Å². The first-order valence-electron chi connectivity index (χ1n) is 3.23. The zero-order valence-electron chi connectivity index (χ0n) is 5.72. The summed E-state index contributed by atoms with van der Waals surface area (Å²) in [6, 6.07) is 0. The maximum atomic E-state index is 4.57. The van der Waals surface area contributed by atoms with E-state index in [9.17, 15) is 0 Å². The molecule has 2 heteroatoms. The van der Waals surface area contributed by atoms with Gasteiger partial charge in [0.2, 0.25) is 0 Å². The molecule has 0 bridgehead atoms. The van der Waals surface area contributed by atoms with Crippen molar-refractivity contribution in [2.75, 3.05) is 24.8 Å². The molecule has 0 atom stereocenters. The van der Waals surface area contributed by atoms with Crippen LogP contribution in [-0.4, -0.2) is 24.8 Å². The van der Waals surface area contributed by atoms with Crippen LogP contribution in [-0.2, 0) is 9.82 Å². The normalized spacial score (nSPS) is 30.8. The summed E-state index contributed by atoms with van der Waals surface area (Å²) >= 11 is 0. The molecule has 0 radical (unpaired) electrons. The van der Waals surface area contributed by atoms with Crippen LogP contribution in [0.3, 0.4) is 0 Å². The van der Waals surface area contributed by atoms with Gasteiger partial charge in [0.15, 0.2) is 0 Å². The number of thiol groups is 1. The Labute approximate surface area is 52.6 Å². The summed E-state index contributed by atoms with van der Waals surface area (Å²) in [7, 11) is -0.712. The lowest BCUT2D eigenvalue weighted by Gasteiger charge is -2.22. The Morgan fingerprint density at radius 1 is 1.25 bits per heavy atom.